The fraction of sp³-hybridized carbons (Fsp3) is 0.278. The van der Waals surface area contributed by atoms with Gasteiger partial charge in [-0.3, -0.25) is 0 Å². The lowest BCUT2D eigenvalue weighted by molar-refractivity contribution is 0.297. The normalized spacial score (nSPS) is 13.3. The van der Waals surface area contributed by atoms with E-state index < -0.39 is 0 Å². The van der Waals surface area contributed by atoms with Crippen molar-refractivity contribution in [1.82, 2.24) is 20.2 Å². The number of aromatic nitrogens is 4. The van der Waals surface area contributed by atoms with Gasteiger partial charge in [-0.2, -0.15) is 4.68 Å². The summed E-state index contributed by atoms with van der Waals surface area (Å²) in [6.45, 7) is 1.23. The largest absolute Gasteiger partial charge is 0.497 e. The molecule has 1 aliphatic heterocycles. The second-order valence-electron chi connectivity index (χ2n) is 5.82. The first kappa shape index (κ1) is 17.9. The van der Waals surface area contributed by atoms with Gasteiger partial charge in [0.05, 0.1) is 31.0 Å². The minimum absolute atomic E-state index is 0.555. The summed E-state index contributed by atoms with van der Waals surface area (Å²) in [6.07, 6.45) is 0.839. The summed E-state index contributed by atoms with van der Waals surface area (Å²) in [5, 5.41) is 13.2. The molecule has 0 amide bonds. The first-order chi connectivity index (χ1) is 13.2. The molecule has 0 unspecified atom stereocenters. The van der Waals surface area contributed by atoms with Crippen molar-refractivity contribution in [2.24, 2.45) is 0 Å². The van der Waals surface area contributed by atoms with Crippen LogP contribution in [0.3, 0.4) is 0 Å². The maximum absolute atomic E-state index is 6.36. The van der Waals surface area contributed by atoms with Crippen molar-refractivity contribution in [3.8, 4) is 22.9 Å². The number of tetrazole rings is 1. The second-order valence-corrected chi connectivity index (χ2v) is 7.17. The molecule has 27 heavy (non-hydrogen) atoms. The number of hydrogen-bond acceptors (Lipinski definition) is 7. The van der Waals surface area contributed by atoms with Crippen LogP contribution in [0.5, 0.6) is 17.2 Å². The molecule has 0 atom stereocenters. The van der Waals surface area contributed by atoms with E-state index in [0.717, 1.165) is 23.4 Å². The van der Waals surface area contributed by atoms with Crippen molar-refractivity contribution in [2.75, 3.05) is 20.3 Å². The van der Waals surface area contributed by atoms with E-state index >= 15 is 0 Å². The number of hydrogen-bond donors (Lipinski definition) is 0. The third kappa shape index (κ3) is 3.96. The van der Waals surface area contributed by atoms with Gasteiger partial charge in [0, 0.05) is 12.2 Å². The lowest BCUT2D eigenvalue weighted by Gasteiger charge is -2.11. The predicted molar refractivity (Wildman–Crippen MR) is 102 cm³/mol. The Morgan fingerprint density at radius 2 is 2.00 bits per heavy atom. The molecule has 2 aromatic carbocycles. The molecule has 0 saturated carbocycles. The van der Waals surface area contributed by atoms with Crippen LogP contribution < -0.4 is 14.2 Å². The van der Waals surface area contributed by atoms with Gasteiger partial charge in [0.1, 0.15) is 5.75 Å². The van der Waals surface area contributed by atoms with Crippen LogP contribution in [0.2, 0.25) is 5.02 Å². The van der Waals surface area contributed by atoms with Crippen LogP contribution in [-0.4, -0.2) is 40.5 Å². The highest BCUT2D eigenvalue weighted by molar-refractivity contribution is 7.98. The van der Waals surface area contributed by atoms with Gasteiger partial charge in [0.15, 0.2) is 11.5 Å². The molecule has 140 valence electrons. The van der Waals surface area contributed by atoms with E-state index in [1.807, 2.05) is 36.4 Å². The number of fused-ring (bicyclic) bond motifs is 1. The van der Waals surface area contributed by atoms with Gasteiger partial charge in [-0.1, -0.05) is 23.4 Å². The van der Waals surface area contributed by atoms with Crippen LogP contribution in [-0.2, 0) is 5.75 Å². The number of ether oxygens (including phenoxy) is 3. The molecule has 1 aliphatic rings. The summed E-state index contributed by atoms with van der Waals surface area (Å²) in [5.74, 6) is 2.73. The highest BCUT2D eigenvalue weighted by Crippen LogP contribution is 2.39. The number of halogens is 1. The highest BCUT2D eigenvalue weighted by Gasteiger charge is 2.16. The Kier molecular flexibility index (Phi) is 5.35. The molecule has 4 rings (SSSR count). The Bertz CT molecular complexity index is 933. The van der Waals surface area contributed by atoms with Crippen molar-refractivity contribution in [2.45, 2.75) is 17.3 Å². The van der Waals surface area contributed by atoms with Gasteiger partial charge in [0.2, 0.25) is 5.16 Å². The number of thioether (sulfide) groups is 1. The molecule has 0 N–H and O–H groups in total. The zero-order chi connectivity index (χ0) is 18.6. The monoisotopic (exact) mass is 404 g/mol. The van der Waals surface area contributed by atoms with Gasteiger partial charge in [-0.15, -0.1) is 5.10 Å². The molecule has 0 bridgehead atoms. The molecule has 0 fully saturated rings. The zero-order valence-corrected chi connectivity index (χ0v) is 16.2. The third-order valence-electron chi connectivity index (χ3n) is 3.99. The molecule has 1 aromatic heterocycles. The molecular formula is C18H17ClN4O3S. The second kappa shape index (κ2) is 8.06. The minimum Gasteiger partial charge on any atom is -0.497 e. The van der Waals surface area contributed by atoms with Crippen molar-refractivity contribution in [3.63, 3.8) is 0 Å². The number of nitrogens with zero attached hydrogens (tertiary/aromatic N) is 4. The molecule has 0 saturated heterocycles. The van der Waals surface area contributed by atoms with Crippen LogP contribution in [0.15, 0.2) is 41.6 Å². The summed E-state index contributed by atoms with van der Waals surface area (Å²) in [6, 6.07) is 11.4. The first-order valence-corrected chi connectivity index (χ1v) is 9.74. The van der Waals surface area contributed by atoms with Crippen molar-refractivity contribution < 1.29 is 14.2 Å². The van der Waals surface area contributed by atoms with Crippen LogP contribution >= 0.6 is 23.4 Å². The molecule has 2 heterocycles. The van der Waals surface area contributed by atoms with Crippen molar-refractivity contribution >= 4 is 23.4 Å². The number of benzene rings is 2. The summed E-state index contributed by atoms with van der Waals surface area (Å²) in [7, 11) is 1.63. The van der Waals surface area contributed by atoms with Crippen LogP contribution in [0, 0.1) is 0 Å². The van der Waals surface area contributed by atoms with Gasteiger partial charge >= 0.3 is 0 Å². The Morgan fingerprint density at radius 1 is 1.19 bits per heavy atom. The van der Waals surface area contributed by atoms with E-state index in [4.69, 9.17) is 25.8 Å². The quantitative estimate of drug-likeness (QED) is 0.599. The molecule has 0 aliphatic carbocycles. The minimum atomic E-state index is 0.555. The van der Waals surface area contributed by atoms with Gasteiger partial charge in [-0.25, -0.2) is 0 Å². The van der Waals surface area contributed by atoms with Crippen LogP contribution in [0.25, 0.3) is 5.69 Å². The standard InChI is InChI=1S/C18H17ClN4O3S/c1-24-14-5-3-13(4-6-14)23-18(20-21-22-23)27-11-12-9-15(19)17-16(10-12)25-7-2-8-26-17/h3-6,9-10H,2,7-8,11H2,1H3. The van der Waals surface area contributed by atoms with E-state index in [-0.39, 0.29) is 0 Å². The average Bonchev–Trinajstić information content (AvgIpc) is 3.03. The van der Waals surface area contributed by atoms with Crippen LogP contribution in [0.4, 0.5) is 0 Å². The smallest absolute Gasteiger partial charge is 0.214 e. The lowest BCUT2D eigenvalue weighted by Crippen LogP contribution is -1.99. The van der Waals surface area contributed by atoms with E-state index in [9.17, 15) is 0 Å². The highest BCUT2D eigenvalue weighted by atomic mass is 35.5. The Labute approximate surface area is 165 Å². The lowest BCUT2D eigenvalue weighted by atomic mass is 10.2. The molecule has 3 aromatic rings. The third-order valence-corrected chi connectivity index (χ3v) is 5.26. The topological polar surface area (TPSA) is 71.3 Å². The van der Waals surface area contributed by atoms with Crippen molar-refractivity contribution in [3.05, 3.63) is 47.0 Å². The predicted octanol–water partition coefficient (Wildman–Crippen LogP) is 3.78. The molecule has 9 heteroatoms. The van der Waals surface area contributed by atoms with E-state index in [1.54, 1.807) is 11.8 Å². The van der Waals surface area contributed by atoms with E-state index in [0.29, 0.717) is 40.6 Å². The van der Waals surface area contributed by atoms with Crippen LogP contribution in [0.1, 0.15) is 12.0 Å². The molecule has 0 spiro atoms. The Hall–Kier alpha value is -2.45. The number of methoxy groups -OCH3 is 1. The first-order valence-electron chi connectivity index (χ1n) is 8.38. The van der Waals surface area contributed by atoms with Gasteiger partial charge < -0.3 is 14.2 Å². The van der Waals surface area contributed by atoms with Gasteiger partial charge in [-0.05, 0) is 52.4 Å². The zero-order valence-electron chi connectivity index (χ0n) is 14.6. The van der Waals surface area contributed by atoms with Gasteiger partial charge in [0.25, 0.3) is 0 Å². The van der Waals surface area contributed by atoms with Crippen molar-refractivity contribution in [1.29, 1.82) is 0 Å². The fourth-order valence-electron chi connectivity index (χ4n) is 2.67. The van der Waals surface area contributed by atoms with E-state index in [2.05, 4.69) is 15.5 Å². The Morgan fingerprint density at radius 3 is 2.81 bits per heavy atom. The fourth-order valence-corrected chi connectivity index (χ4v) is 3.78. The summed E-state index contributed by atoms with van der Waals surface area (Å²) >= 11 is 7.88. The molecule has 0 radical (unpaired) electrons. The maximum Gasteiger partial charge on any atom is 0.214 e. The summed E-state index contributed by atoms with van der Waals surface area (Å²) < 4.78 is 18.3. The SMILES string of the molecule is COc1ccc(-n2nnnc2SCc2cc(Cl)c3c(c2)OCCCO3)cc1. The van der Waals surface area contributed by atoms with E-state index in [1.165, 1.54) is 11.8 Å². The molecular weight excluding hydrogens is 388 g/mol. The Balaban J connectivity index is 1.52. The molecule has 7 nitrogen and oxygen atoms in total. The summed E-state index contributed by atoms with van der Waals surface area (Å²) in [5.41, 5.74) is 1.87. The average molecular weight is 405 g/mol. The summed E-state index contributed by atoms with van der Waals surface area (Å²) in [4.78, 5) is 0. The maximum atomic E-state index is 6.36. The number of rotatable bonds is 5.